The number of methoxy groups -OCH3 is 2. The van der Waals surface area contributed by atoms with Crippen LogP contribution >= 0.6 is 0 Å². The Morgan fingerprint density at radius 3 is 2.73 bits per heavy atom. The Morgan fingerprint density at radius 2 is 1.92 bits per heavy atom. The van der Waals surface area contributed by atoms with Crippen LogP contribution in [0.1, 0.15) is 17.1 Å². The molecule has 37 heavy (non-hydrogen) atoms. The van der Waals surface area contributed by atoms with E-state index in [2.05, 4.69) is 15.3 Å². The maximum atomic E-state index is 12.6. The molecule has 2 aromatic heterocycles. The third-order valence-corrected chi connectivity index (χ3v) is 5.83. The lowest BCUT2D eigenvalue weighted by atomic mass is 10.1. The second-order valence-electron chi connectivity index (χ2n) is 8.30. The summed E-state index contributed by atoms with van der Waals surface area (Å²) in [7, 11) is 3.16. The van der Waals surface area contributed by atoms with E-state index < -0.39 is 0 Å². The predicted octanol–water partition coefficient (Wildman–Crippen LogP) is 4.52. The minimum atomic E-state index is -0.269. The van der Waals surface area contributed by atoms with Crippen molar-refractivity contribution in [2.75, 3.05) is 21.0 Å². The molecule has 0 unspecified atom stereocenters. The van der Waals surface area contributed by atoms with E-state index in [1.165, 1.54) is 6.08 Å². The third kappa shape index (κ3) is 5.25. The third-order valence-electron chi connectivity index (χ3n) is 5.83. The number of rotatable bonds is 8. The van der Waals surface area contributed by atoms with Crippen molar-refractivity contribution in [1.82, 2.24) is 20.3 Å². The largest absolute Gasteiger partial charge is 0.497 e. The van der Waals surface area contributed by atoms with Crippen LogP contribution in [0.2, 0.25) is 0 Å². The van der Waals surface area contributed by atoms with Gasteiger partial charge in [0.2, 0.25) is 12.7 Å². The van der Waals surface area contributed by atoms with E-state index in [9.17, 15) is 4.79 Å². The summed E-state index contributed by atoms with van der Waals surface area (Å²) in [6, 6.07) is 16.9. The lowest BCUT2D eigenvalue weighted by Gasteiger charge is -2.07. The number of H-pyrrole nitrogens is 1. The van der Waals surface area contributed by atoms with Gasteiger partial charge in [0, 0.05) is 29.0 Å². The number of hydrogen-bond acceptors (Lipinski definition) is 7. The molecule has 1 aliphatic heterocycles. The van der Waals surface area contributed by atoms with Crippen LogP contribution in [0.5, 0.6) is 23.0 Å². The number of amides is 1. The number of nitrogens with one attached hydrogen (secondary N) is 2. The Labute approximate surface area is 214 Å². The monoisotopic (exact) mass is 498 g/mol. The zero-order chi connectivity index (χ0) is 25.8. The summed E-state index contributed by atoms with van der Waals surface area (Å²) in [5.74, 6) is 2.97. The average molecular weight is 499 g/mol. The highest BCUT2D eigenvalue weighted by molar-refractivity contribution is 5.92. The van der Waals surface area contributed by atoms with Crippen LogP contribution < -0.4 is 24.3 Å². The fraction of sp³-hybridized carbons (Fsp3) is 0.179. The second-order valence-corrected chi connectivity index (χ2v) is 8.30. The van der Waals surface area contributed by atoms with Gasteiger partial charge >= 0.3 is 0 Å². The Kier molecular flexibility index (Phi) is 6.76. The summed E-state index contributed by atoms with van der Waals surface area (Å²) in [6.45, 7) is 2.33. The molecule has 0 radical (unpaired) electrons. The maximum absolute atomic E-state index is 12.6. The van der Waals surface area contributed by atoms with Gasteiger partial charge in [-0.05, 0) is 55.5 Å². The first-order valence-corrected chi connectivity index (χ1v) is 11.6. The van der Waals surface area contributed by atoms with Gasteiger partial charge in [-0.1, -0.05) is 6.07 Å². The van der Waals surface area contributed by atoms with Crippen LogP contribution in [0.15, 0.2) is 60.7 Å². The molecule has 0 aliphatic carbocycles. The molecule has 0 fully saturated rings. The van der Waals surface area contributed by atoms with Crippen molar-refractivity contribution in [3.8, 4) is 45.6 Å². The highest BCUT2D eigenvalue weighted by atomic mass is 16.7. The highest BCUT2D eigenvalue weighted by Crippen LogP contribution is 2.38. The van der Waals surface area contributed by atoms with Gasteiger partial charge in [0.1, 0.15) is 17.3 Å². The zero-order valence-electron chi connectivity index (χ0n) is 20.7. The Hall–Kier alpha value is -4.79. The van der Waals surface area contributed by atoms with Gasteiger partial charge < -0.3 is 29.2 Å². The topological polar surface area (TPSA) is 108 Å². The molecule has 0 spiro atoms. The summed E-state index contributed by atoms with van der Waals surface area (Å²) >= 11 is 0. The SMILES string of the molecule is COc1ccc(/C=C/C(=O)NCc2nc(-c3ccc4c(c3)OCO4)c(-c3cccc(C)n3)[nH]2)c(OC)c1. The number of imidazole rings is 1. The number of aromatic amines is 1. The number of benzene rings is 2. The van der Waals surface area contributed by atoms with Crippen molar-refractivity contribution in [2.24, 2.45) is 0 Å². The second kappa shape index (κ2) is 10.4. The minimum absolute atomic E-state index is 0.193. The molecule has 188 valence electrons. The average Bonchev–Trinajstić information content (AvgIpc) is 3.57. The first kappa shape index (κ1) is 23.9. The van der Waals surface area contributed by atoms with Crippen molar-refractivity contribution in [3.63, 3.8) is 0 Å². The molecule has 0 atom stereocenters. The van der Waals surface area contributed by atoms with Crippen LogP contribution in [0, 0.1) is 6.92 Å². The van der Waals surface area contributed by atoms with Crippen molar-refractivity contribution >= 4 is 12.0 Å². The predicted molar refractivity (Wildman–Crippen MR) is 139 cm³/mol. The van der Waals surface area contributed by atoms with Gasteiger partial charge in [-0.25, -0.2) is 4.98 Å². The first-order chi connectivity index (χ1) is 18.0. The van der Waals surface area contributed by atoms with Gasteiger partial charge in [0.25, 0.3) is 0 Å². The maximum Gasteiger partial charge on any atom is 0.244 e. The summed E-state index contributed by atoms with van der Waals surface area (Å²) in [6.07, 6.45) is 3.14. The molecule has 0 saturated heterocycles. The molecule has 5 rings (SSSR count). The molecule has 4 aromatic rings. The number of carbonyl (C=O) groups excluding carboxylic acids is 1. The number of nitrogens with zero attached hydrogens (tertiary/aromatic N) is 2. The molecule has 1 aliphatic rings. The van der Waals surface area contributed by atoms with Gasteiger partial charge in [-0.2, -0.15) is 0 Å². The van der Waals surface area contributed by atoms with E-state index in [-0.39, 0.29) is 19.2 Å². The molecule has 0 bridgehead atoms. The Morgan fingerprint density at radius 1 is 1.05 bits per heavy atom. The molecule has 2 aromatic carbocycles. The lowest BCUT2D eigenvalue weighted by Crippen LogP contribution is -2.21. The van der Waals surface area contributed by atoms with Crippen molar-refractivity contribution < 1.29 is 23.7 Å². The molecular formula is C28H26N4O5. The van der Waals surface area contributed by atoms with Gasteiger partial charge in [-0.3, -0.25) is 9.78 Å². The van der Waals surface area contributed by atoms with E-state index in [4.69, 9.17) is 23.9 Å². The van der Waals surface area contributed by atoms with Crippen molar-refractivity contribution in [1.29, 1.82) is 0 Å². The van der Waals surface area contributed by atoms with E-state index in [0.29, 0.717) is 34.5 Å². The molecule has 9 nitrogen and oxygen atoms in total. The summed E-state index contributed by atoms with van der Waals surface area (Å²) in [5, 5.41) is 2.88. The highest BCUT2D eigenvalue weighted by Gasteiger charge is 2.19. The number of pyridine rings is 1. The van der Waals surface area contributed by atoms with Crippen LogP contribution in [0.3, 0.4) is 0 Å². The Balaban J connectivity index is 1.37. The van der Waals surface area contributed by atoms with Crippen LogP contribution in [0.25, 0.3) is 28.7 Å². The standard InChI is InChI=1S/C28H26N4O5/c1-17-5-4-6-21(30-17)28-27(19-8-11-22-24(13-19)37-16-36-22)31-25(32-28)15-29-26(33)12-9-18-7-10-20(34-2)14-23(18)35-3/h4-14H,15-16H2,1-3H3,(H,29,33)(H,31,32)/b12-9+. The normalized spacial score (nSPS) is 12.1. The molecule has 2 N–H and O–H groups in total. The minimum Gasteiger partial charge on any atom is -0.497 e. The zero-order valence-corrected chi connectivity index (χ0v) is 20.7. The number of fused-ring (bicyclic) bond motifs is 1. The number of ether oxygens (including phenoxy) is 4. The molecular weight excluding hydrogens is 472 g/mol. The molecule has 3 heterocycles. The quantitative estimate of drug-likeness (QED) is 0.344. The van der Waals surface area contributed by atoms with E-state index in [1.807, 2.05) is 55.5 Å². The van der Waals surface area contributed by atoms with Crippen LogP contribution in [-0.2, 0) is 11.3 Å². The van der Waals surface area contributed by atoms with Gasteiger partial charge in [-0.15, -0.1) is 0 Å². The molecule has 0 saturated carbocycles. The van der Waals surface area contributed by atoms with E-state index in [0.717, 1.165) is 28.2 Å². The van der Waals surface area contributed by atoms with Crippen molar-refractivity contribution in [2.45, 2.75) is 13.5 Å². The number of hydrogen-bond donors (Lipinski definition) is 2. The molecule has 1 amide bonds. The lowest BCUT2D eigenvalue weighted by molar-refractivity contribution is -0.116. The van der Waals surface area contributed by atoms with Gasteiger partial charge in [0.15, 0.2) is 11.5 Å². The van der Waals surface area contributed by atoms with Crippen LogP contribution in [0.4, 0.5) is 0 Å². The van der Waals surface area contributed by atoms with Crippen molar-refractivity contribution in [3.05, 3.63) is 77.8 Å². The Bertz CT molecular complexity index is 1480. The van der Waals surface area contributed by atoms with Crippen LogP contribution in [-0.4, -0.2) is 41.9 Å². The smallest absolute Gasteiger partial charge is 0.244 e. The number of aryl methyl sites for hydroxylation is 1. The summed E-state index contributed by atoms with van der Waals surface area (Å²) in [4.78, 5) is 25.3. The fourth-order valence-electron chi connectivity index (χ4n) is 3.98. The fourth-order valence-corrected chi connectivity index (χ4v) is 3.98. The first-order valence-electron chi connectivity index (χ1n) is 11.6. The van der Waals surface area contributed by atoms with E-state index in [1.54, 1.807) is 26.4 Å². The van der Waals surface area contributed by atoms with Gasteiger partial charge in [0.05, 0.1) is 37.8 Å². The summed E-state index contributed by atoms with van der Waals surface area (Å²) < 4.78 is 21.6. The number of aromatic nitrogens is 3. The molecule has 9 heteroatoms. The summed E-state index contributed by atoms with van der Waals surface area (Å²) in [5.41, 5.74) is 4.71. The van der Waals surface area contributed by atoms with E-state index >= 15 is 0 Å². The number of carbonyl (C=O) groups is 1.